The molecule has 27 heavy (non-hydrogen) atoms. The van der Waals surface area contributed by atoms with Gasteiger partial charge in [-0.2, -0.15) is 0 Å². The van der Waals surface area contributed by atoms with Gasteiger partial charge in [0.25, 0.3) is 0 Å². The monoisotopic (exact) mass is 368 g/mol. The van der Waals surface area contributed by atoms with Crippen LogP contribution in [-0.2, 0) is 9.59 Å². The minimum atomic E-state index is -0.655. The number of aromatic nitrogens is 1. The Kier molecular flexibility index (Phi) is 4.78. The van der Waals surface area contributed by atoms with Gasteiger partial charge in [0.2, 0.25) is 0 Å². The summed E-state index contributed by atoms with van der Waals surface area (Å²) >= 11 is 0. The number of piperazine rings is 1. The van der Waals surface area contributed by atoms with Crippen LogP contribution in [0.5, 0.6) is 11.5 Å². The molecule has 2 aromatic rings. The lowest BCUT2D eigenvalue weighted by molar-refractivity contribution is -0.143. The van der Waals surface area contributed by atoms with Crippen LogP contribution >= 0.6 is 0 Å². The summed E-state index contributed by atoms with van der Waals surface area (Å²) in [5.41, 5.74) is 0.504. The highest BCUT2D eigenvalue weighted by atomic mass is 16.6. The molecule has 0 saturated carbocycles. The van der Waals surface area contributed by atoms with E-state index >= 15 is 0 Å². The minimum absolute atomic E-state index is 0.462. The molecular weight excluding hydrogens is 348 g/mol. The van der Waals surface area contributed by atoms with Crippen LogP contribution in [-0.4, -0.2) is 61.1 Å². The molecule has 140 valence electrons. The summed E-state index contributed by atoms with van der Waals surface area (Å²) in [7, 11) is 0. The molecule has 2 aliphatic rings. The SMILES string of the molecule is O=C(Nc1ccc2c(c1)OCCO2)C(=O)N1CCN(c2ccccn2)CC1. The van der Waals surface area contributed by atoms with E-state index in [-0.39, 0.29) is 0 Å². The number of carbonyl (C=O) groups excluding carboxylic acids is 2. The van der Waals surface area contributed by atoms with Gasteiger partial charge in [0.15, 0.2) is 11.5 Å². The molecule has 0 unspecified atom stereocenters. The molecule has 2 aliphatic heterocycles. The minimum Gasteiger partial charge on any atom is -0.486 e. The first kappa shape index (κ1) is 17.1. The molecule has 8 heteroatoms. The van der Waals surface area contributed by atoms with Crippen LogP contribution in [0, 0.1) is 0 Å². The highest BCUT2D eigenvalue weighted by Gasteiger charge is 2.26. The van der Waals surface area contributed by atoms with Gasteiger partial charge in [-0.3, -0.25) is 9.59 Å². The summed E-state index contributed by atoms with van der Waals surface area (Å²) in [6.45, 7) is 3.19. The standard InChI is InChI=1S/C19H20N4O4/c24-18(21-14-4-5-15-16(13-14)27-12-11-26-15)19(25)23-9-7-22(8-10-23)17-3-1-2-6-20-17/h1-6,13H,7-12H2,(H,21,24). The fourth-order valence-electron chi connectivity index (χ4n) is 3.13. The Morgan fingerprint density at radius 2 is 1.74 bits per heavy atom. The number of anilines is 2. The second kappa shape index (κ2) is 7.53. The molecule has 0 radical (unpaired) electrons. The molecule has 1 saturated heterocycles. The van der Waals surface area contributed by atoms with Crippen molar-refractivity contribution in [3.63, 3.8) is 0 Å². The van der Waals surface area contributed by atoms with Gasteiger partial charge in [0.05, 0.1) is 0 Å². The Hall–Kier alpha value is -3.29. The third-order valence-corrected chi connectivity index (χ3v) is 4.53. The molecular formula is C19H20N4O4. The van der Waals surface area contributed by atoms with Gasteiger partial charge in [-0.1, -0.05) is 6.07 Å². The van der Waals surface area contributed by atoms with E-state index < -0.39 is 11.8 Å². The van der Waals surface area contributed by atoms with E-state index in [4.69, 9.17) is 9.47 Å². The molecule has 1 aromatic heterocycles. The number of hydrogen-bond acceptors (Lipinski definition) is 6. The van der Waals surface area contributed by atoms with E-state index in [0.29, 0.717) is 56.6 Å². The van der Waals surface area contributed by atoms with Crippen molar-refractivity contribution in [3.8, 4) is 11.5 Å². The molecule has 1 N–H and O–H groups in total. The number of pyridine rings is 1. The Balaban J connectivity index is 1.34. The van der Waals surface area contributed by atoms with Crippen LogP contribution in [0.4, 0.5) is 11.5 Å². The van der Waals surface area contributed by atoms with Crippen LogP contribution in [0.2, 0.25) is 0 Å². The molecule has 1 aromatic carbocycles. The summed E-state index contributed by atoms with van der Waals surface area (Å²) in [6, 6.07) is 10.8. The van der Waals surface area contributed by atoms with Crippen molar-refractivity contribution in [2.24, 2.45) is 0 Å². The predicted molar refractivity (Wildman–Crippen MR) is 99.1 cm³/mol. The molecule has 0 aliphatic carbocycles. The zero-order chi connectivity index (χ0) is 18.6. The normalized spacial score (nSPS) is 16.0. The average Bonchev–Trinajstić information content (AvgIpc) is 2.74. The maximum Gasteiger partial charge on any atom is 0.313 e. The summed E-state index contributed by atoms with van der Waals surface area (Å²) < 4.78 is 10.9. The van der Waals surface area contributed by atoms with E-state index in [0.717, 1.165) is 5.82 Å². The fraction of sp³-hybridized carbons (Fsp3) is 0.316. The number of ether oxygens (including phenoxy) is 2. The Morgan fingerprint density at radius 3 is 2.48 bits per heavy atom. The highest BCUT2D eigenvalue weighted by Crippen LogP contribution is 2.32. The van der Waals surface area contributed by atoms with Gasteiger partial charge in [-0.15, -0.1) is 0 Å². The van der Waals surface area contributed by atoms with E-state index in [9.17, 15) is 9.59 Å². The quantitative estimate of drug-likeness (QED) is 0.801. The lowest BCUT2D eigenvalue weighted by Gasteiger charge is -2.35. The van der Waals surface area contributed by atoms with Gasteiger partial charge in [0.1, 0.15) is 19.0 Å². The summed E-state index contributed by atoms with van der Waals surface area (Å²) in [6.07, 6.45) is 1.74. The van der Waals surface area contributed by atoms with Crippen molar-refractivity contribution in [1.82, 2.24) is 9.88 Å². The van der Waals surface area contributed by atoms with Crippen LogP contribution in [0.15, 0.2) is 42.6 Å². The number of carbonyl (C=O) groups is 2. The number of amides is 2. The van der Waals surface area contributed by atoms with Crippen LogP contribution < -0.4 is 19.7 Å². The molecule has 3 heterocycles. The second-order valence-corrected chi connectivity index (χ2v) is 6.28. The number of nitrogens with one attached hydrogen (secondary N) is 1. The molecule has 0 spiro atoms. The number of benzene rings is 1. The first-order valence-electron chi connectivity index (χ1n) is 8.86. The second-order valence-electron chi connectivity index (χ2n) is 6.28. The lowest BCUT2D eigenvalue weighted by atomic mass is 10.2. The molecule has 8 nitrogen and oxygen atoms in total. The molecule has 4 rings (SSSR count). The van der Waals surface area contributed by atoms with Crippen molar-refractivity contribution < 1.29 is 19.1 Å². The number of nitrogens with zero attached hydrogens (tertiary/aromatic N) is 3. The molecule has 2 amide bonds. The third kappa shape index (κ3) is 3.79. The molecule has 0 atom stereocenters. The van der Waals surface area contributed by atoms with Gasteiger partial charge < -0.3 is 24.6 Å². The van der Waals surface area contributed by atoms with E-state index in [1.54, 1.807) is 29.3 Å². The summed E-state index contributed by atoms with van der Waals surface area (Å²) in [4.78, 5) is 32.8. The van der Waals surface area contributed by atoms with Gasteiger partial charge in [-0.25, -0.2) is 4.98 Å². The van der Waals surface area contributed by atoms with Gasteiger partial charge >= 0.3 is 11.8 Å². The zero-order valence-electron chi connectivity index (χ0n) is 14.8. The molecule has 0 bridgehead atoms. The topological polar surface area (TPSA) is 84.0 Å². The Morgan fingerprint density at radius 1 is 0.963 bits per heavy atom. The number of rotatable bonds is 2. The fourth-order valence-corrected chi connectivity index (χ4v) is 3.13. The van der Waals surface area contributed by atoms with Gasteiger partial charge in [-0.05, 0) is 24.3 Å². The molecule has 1 fully saturated rings. The number of fused-ring (bicyclic) bond motifs is 1. The van der Waals surface area contributed by atoms with Crippen molar-refractivity contribution in [2.75, 3.05) is 49.6 Å². The predicted octanol–water partition coefficient (Wildman–Crippen LogP) is 1.14. The largest absolute Gasteiger partial charge is 0.486 e. The maximum absolute atomic E-state index is 12.5. The van der Waals surface area contributed by atoms with E-state index in [1.165, 1.54) is 0 Å². The van der Waals surface area contributed by atoms with Crippen molar-refractivity contribution in [2.45, 2.75) is 0 Å². The Bertz CT molecular complexity index is 835. The van der Waals surface area contributed by atoms with Gasteiger partial charge in [0, 0.05) is 44.1 Å². The third-order valence-electron chi connectivity index (χ3n) is 4.53. The van der Waals surface area contributed by atoms with Crippen LogP contribution in [0.3, 0.4) is 0 Å². The maximum atomic E-state index is 12.5. The zero-order valence-corrected chi connectivity index (χ0v) is 14.8. The highest BCUT2D eigenvalue weighted by molar-refractivity contribution is 6.39. The first-order chi connectivity index (χ1) is 13.2. The smallest absolute Gasteiger partial charge is 0.313 e. The summed E-state index contributed by atoms with van der Waals surface area (Å²) in [5, 5.41) is 2.64. The van der Waals surface area contributed by atoms with E-state index in [1.807, 2.05) is 18.2 Å². The van der Waals surface area contributed by atoms with Crippen molar-refractivity contribution in [3.05, 3.63) is 42.6 Å². The van der Waals surface area contributed by atoms with Crippen molar-refractivity contribution >= 4 is 23.3 Å². The van der Waals surface area contributed by atoms with Crippen LogP contribution in [0.25, 0.3) is 0 Å². The first-order valence-corrected chi connectivity index (χ1v) is 8.86. The average molecular weight is 368 g/mol. The van der Waals surface area contributed by atoms with Crippen molar-refractivity contribution in [1.29, 1.82) is 0 Å². The Labute approximate surface area is 156 Å². The summed E-state index contributed by atoms with van der Waals surface area (Å²) in [5.74, 6) is 0.889. The van der Waals surface area contributed by atoms with E-state index in [2.05, 4.69) is 15.2 Å². The van der Waals surface area contributed by atoms with Crippen LogP contribution in [0.1, 0.15) is 0 Å². The number of hydrogen-bond donors (Lipinski definition) is 1. The lowest BCUT2D eigenvalue weighted by Crippen LogP contribution is -2.51.